The highest BCUT2D eigenvalue weighted by Crippen LogP contribution is 2.31. The monoisotopic (exact) mass is 311 g/mol. The van der Waals surface area contributed by atoms with Gasteiger partial charge in [0.25, 0.3) is 0 Å². The van der Waals surface area contributed by atoms with Gasteiger partial charge in [-0.15, -0.1) is 0 Å². The number of hydrogen-bond acceptors (Lipinski definition) is 3. The lowest BCUT2D eigenvalue weighted by Gasteiger charge is -2.27. The van der Waals surface area contributed by atoms with Crippen LogP contribution in [-0.2, 0) is 10.0 Å². The molecule has 1 heterocycles. The Morgan fingerprint density at radius 2 is 2.10 bits per heavy atom. The number of sulfonamides is 1. The lowest BCUT2D eigenvalue weighted by Crippen LogP contribution is -2.38. The average molecular weight is 311 g/mol. The van der Waals surface area contributed by atoms with Crippen molar-refractivity contribution in [1.82, 2.24) is 4.31 Å². The number of hydrogen-bond donors (Lipinski definition) is 1. The van der Waals surface area contributed by atoms with Crippen LogP contribution in [0.5, 0.6) is 0 Å². The van der Waals surface area contributed by atoms with Crippen LogP contribution in [0.1, 0.15) is 51.7 Å². The summed E-state index contributed by atoms with van der Waals surface area (Å²) in [6, 6.07) is 6.80. The number of rotatable bonds is 5. The van der Waals surface area contributed by atoms with Crippen LogP contribution in [0.3, 0.4) is 0 Å². The minimum absolute atomic E-state index is 0.0785. The molecule has 0 aromatic heterocycles. The molecule has 2 atom stereocenters. The maximum absolute atomic E-state index is 12.9. The van der Waals surface area contributed by atoms with Crippen molar-refractivity contribution in [3.63, 3.8) is 0 Å². The molecular formula is C16H25NO3S. The Balaban J connectivity index is 2.35. The van der Waals surface area contributed by atoms with Crippen LogP contribution < -0.4 is 0 Å². The fraction of sp³-hybridized carbons (Fsp3) is 0.625. The first kappa shape index (κ1) is 16.5. The molecule has 0 radical (unpaired) electrons. The van der Waals surface area contributed by atoms with Crippen molar-refractivity contribution < 1.29 is 13.5 Å². The van der Waals surface area contributed by atoms with E-state index >= 15 is 0 Å². The van der Waals surface area contributed by atoms with E-state index in [1.165, 1.54) is 0 Å². The molecule has 2 unspecified atom stereocenters. The molecular weight excluding hydrogens is 286 g/mol. The quantitative estimate of drug-likeness (QED) is 0.909. The topological polar surface area (TPSA) is 57.6 Å². The van der Waals surface area contributed by atoms with Gasteiger partial charge in [-0.25, -0.2) is 8.42 Å². The molecule has 118 valence electrons. The molecule has 0 bridgehead atoms. The summed E-state index contributed by atoms with van der Waals surface area (Å²) in [7, 11) is -3.47. The van der Waals surface area contributed by atoms with Crippen LogP contribution in [0.2, 0.25) is 0 Å². The minimum atomic E-state index is -3.47. The molecule has 1 aromatic rings. The van der Waals surface area contributed by atoms with E-state index in [0.29, 0.717) is 29.3 Å². The van der Waals surface area contributed by atoms with Crippen molar-refractivity contribution in [1.29, 1.82) is 0 Å². The van der Waals surface area contributed by atoms with E-state index in [1.807, 2.05) is 6.92 Å². The van der Waals surface area contributed by atoms with Crippen molar-refractivity contribution >= 4 is 10.0 Å². The Labute approximate surface area is 127 Å². The van der Waals surface area contributed by atoms with Gasteiger partial charge in [-0.3, -0.25) is 0 Å². The van der Waals surface area contributed by atoms with Gasteiger partial charge in [-0.1, -0.05) is 32.9 Å². The SMILES string of the molecule is CCC(O)c1cccc(S(=O)(=O)N2CCCC2C(C)C)c1. The lowest BCUT2D eigenvalue weighted by atomic mass is 10.0. The van der Waals surface area contributed by atoms with Gasteiger partial charge < -0.3 is 5.11 Å². The fourth-order valence-electron chi connectivity index (χ4n) is 2.98. The van der Waals surface area contributed by atoms with Gasteiger partial charge in [0.2, 0.25) is 10.0 Å². The zero-order valence-corrected chi connectivity index (χ0v) is 13.8. The van der Waals surface area contributed by atoms with Gasteiger partial charge in [0, 0.05) is 12.6 Å². The summed E-state index contributed by atoms with van der Waals surface area (Å²) in [5, 5.41) is 9.92. The fourth-order valence-corrected chi connectivity index (χ4v) is 4.86. The Kier molecular flexibility index (Phi) is 5.07. The molecule has 21 heavy (non-hydrogen) atoms. The molecule has 4 nitrogen and oxygen atoms in total. The van der Waals surface area contributed by atoms with Crippen LogP contribution in [-0.4, -0.2) is 30.4 Å². The van der Waals surface area contributed by atoms with Crippen LogP contribution in [0.15, 0.2) is 29.2 Å². The van der Waals surface area contributed by atoms with Gasteiger partial charge in [0.05, 0.1) is 11.0 Å². The average Bonchev–Trinajstić information content (AvgIpc) is 2.97. The number of aliphatic hydroxyl groups is 1. The normalized spacial score (nSPS) is 21.9. The van der Waals surface area contributed by atoms with Gasteiger partial charge in [-0.05, 0) is 42.9 Å². The van der Waals surface area contributed by atoms with Crippen LogP contribution in [0, 0.1) is 5.92 Å². The minimum Gasteiger partial charge on any atom is -0.388 e. The van der Waals surface area contributed by atoms with Crippen molar-refractivity contribution in [2.75, 3.05) is 6.54 Å². The van der Waals surface area contributed by atoms with Gasteiger partial charge in [0.1, 0.15) is 0 Å². The van der Waals surface area contributed by atoms with Crippen molar-refractivity contribution in [2.24, 2.45) is 5.92 Å². The van der Waals surface area contributed by atoms with E-state index in [2.05, 4.69) is 13.8 Å². The molecule has 0 amide bonds. The third-order valence-electron chi connectivity index (χ3n) is 4.25. The summed E-state index contributed by atoms with van der Waals surface area (Å²) < 4.78 is 27.3. The summed E-state index contributed by atoms with van der Waals surface area (Å²) >= 11 is 0. The molecule has 5 heteroatoms. The summed E-state index contributed by atoms with van der Waals surface area (Å²) in [5.41, 5.74) is 0.666. The maximum atomic E-state index is 12.9. The maximum Gasteiger partial charge on any atom is 0.243 e. The molecule has 0 saturated carbocycles. The van der Waals surface area contributed by atoms with Gasteiger partial charge in [-0.2, -0.15) is 4.31 Å². The Bertz CT molecular complexity index is 583. The Hall–Kier alpha value is -0.910. The van der Waals surface area contributed by atoms with E-state index in [1.54, 1.807) is 28.6 Å². The second-order valence-corrected chi connectivity index (χ2v) is 7.96. The summed E-state index contributed by atoms with van der Waals surface area (Å²) in [4.78, 5) is 0.292. The molecule has 1 aliphatic rings. The third kappa shape index (κ3) is 3.30. The standard InChI is InChI=1S/C16H25NO3S/c1-4-16(18)13-7-5-8-14(11-13)21(19,20)17-10-6-9-15(17)12(2)3/h5,7-8,11-12,15-16,18H,4,6,9-10H2,1-3H3. The van der Waals surface area contributed by atoms with E-state index in [9.17, 15) is 13.5 Å². The third-order valence-corrected chi connectivity index (χ3v) is 6.17. The zero-order valence-electron chi connectivity index (χ0n) is 13.0. The van der Waals surface area contributed by atoms with E-state index in [0.717, 1.165) is 12.8 Å². The largest absolute Gasteiger partial charge is 0.388 e. The number of benzene rings is 1. The highest BCUT2D eigenvalue weighted by molar-refractivity contribution is 7.89. The molecule has 1 aromatic carbocycles. The number of aliphatic hydroxyl groups excluding tert-OH is 1. The van der Waals surface area contributed by atoms with Crippen molar-refractivity contribution in [2.45, 2.75) is 57.1 Å². The first-order chi connectivity index (χ1) is 9.87. The van der Waals surface area contributed by atoms with Gasteiger partial charge >= 0.3 is 0 Å². The summed E-state index contributed by atoms with van der Waals surface area (Å²) in [6.07, 6.45) is 1.80. The Morgan fingerprint density at radius 3 is 2.71 bits per heavy atom. The highest BCUT2D eigenvalue weighted by atomic mass is 32.2. The first-order valence-electron chi connectivity index (χ1n) is 7.67. The molecule has 2 rings (SSSR count). The van der Waals surface area contributed by atoms with E-state index in [-0.39, 0.29) is 6.04 Å². The molecule has 1 fully saturated rings. The lowest BCUT2D eigenvalue weighted by molar-refractivity contribution is 0.173. The highest BCUT2D eigenvalue weighted by Gasteiger charge is 2.36. The van der Waals surface area contributed by atoms with Crippen LogP contribution in [0.25, 0.3) is 0 Å². The molecule has 1 aliphatic heterocycles. The molecule has 0 spiro atoms. The van der Waals surface area contributed by atoms with Crippen molar-refractivity contribution in [3.8, 4) is 0 Å². The van der Waals surface area contributed by atoms with E-state index < -0.39 is 16.1 Å². The molecule has 0 aliphatic carbocycles. The molecule has 1 saturated heterocycles. The number of nitrogens with zero attached hydrogens (tertiary/aromatic N) is 1. The summed E-state index contributed by atoms with van der Waals surface area (Å²) in [5.74, 6) is 0.312. The molecule has 1 N–H and O–H groups in total. The zero-order chi connectivity index (χ0) is 15.6. The predicted molar refractivity (Wildman–Crippen MR) is 83.4 cm³/mol. The smallest absolute Gasteiger partial charge is 0.243 e. The van der Waals surface area contributed by atoms with E-state index in [4.69, 9.17) is 0 Å². The summed E-state index contributed by atoms with van der Waals surface area (Å²) in [6.45, 7) is 6.60. The van der Waals surface area contributed by atoms with Crippen molar-refractivity contribution in [3.05, 3.63) is 29.8 Å². The van der Waals surface area contributed by atoms with Gasteiger partial charge in [0.15, 0.2) is 0 Å². The Morgan fingerprint density at radius 1 is 1.38 bits per heavy atom. The second-order valence-electron chi connectivity index (χ2n) is 6.07. The second kappa shape index (κ2) is 6.46. The van der Waals surface area contributed by atoms with Crippen LogP contribution in [0.4, 0.5) is 0 Å². The van der Waals surface area contributed by atoms with Crippen LogP contribution >= 0.6 is 0 Å². The predicted octanol–water partition coefficient (Wildman–Crippen LogP) is 2.94. The first-order valence-corrected chi connectivity index (χ1v) is 9.11.